The quantitative estimate of drug-likeness (QED) is 0.161. The van der Waals surface area contributed by atoms with E-state index in [2.05, 4.69) is 34.2 Å². The fourth-order valence-corrected chi connectivity index (χ4v) is 7.27. The number of nitrogens with zero attached hydrogens (tertiary/aromatic N) is 4. The summed E-state index contributed by atoms with van der Waals surface area (Å²) in [5, 5.41) is 9.77. The second kappa shape index (κ2) is 15.5. The molecule has 250 valence electrons. The number of morpholine rings is 1. The number of hydrogen-bond donors (Lipinski definition) is 1. The van der Waals surface area contributed by atoms with Crippen LogP contribution in [0.3, 0.4) is 0 Å². The number of rotatable bonds is 10. The molecule has 3 heterocycles. The molecule has 6 rings (SSSR count). The van der Waals surface area contributed by atoms with Crippen molar-refractivity contribution in [2.24, 2.45) is 0 Å². The smallest absolute Gasteiger partial charge is 0.211 e. The molecule has 12 heteroatoms. The van der Waals surface area contributed by atoms with Crippen LogP contribution in [-0.4, -0.2) is 71.5 Å². The van der Waals surface area contributed by atoms with Crippen LogP contribution in [0.25, 0.3) is 11.3 Å². The summed E-state index contributed by atoms with van der Waals surface area (Å²) in [6, 6.07) is 21.7. The lowest BCUT2D eigenvalue weighted by molar-refractivity contribution is 0.118. The maximum atomic E-state index is 12.5. The molecular formula is C36H37Cl2N5O3S2. The van der Waals surface area contributed by atoms with E-state index in [1.807, 2.05) is 59.3 Å². The second-order valence-corrected chi connectivity index (χ2v) is 15.3. The molecule has 0 saturated carbocycles. The van der Waals surface area contributed by atoms with E-state index in [1.54, 1.807) is 0 Å². The van der Waals surface area contributed by atoms with Gasteiger partial charge in [0, 0.05) is 85.2 Å². The highest BCUT2D eigenvalue weighted by molar-refractivity contribution is 7.88. The lowest BCUT2D eigenvalue weighted by Gasteiger charge is -2.29. The van der Waals surface area contributed by atoms with Crippen LogP contribution in [0, 0.1) is 11.8 Å². The molecule has 0 radical (unpaired) electrons. The predicted octanol–water partition coefficient (Wildman–Crippen LogP) is 5.91. The molecule has 2 aliphatic rings. The number of thiocarbonyl (C=S) groups is 1. The van der Waals surface area contributed by atoms with E-state index in [0.29, 0.717) is 43.3 Å². The van der Waals surface area contributed by atoms with Crippen molar-refractivity contribution in [2.45, 2.75) is 39.0 Å². The number of nitrogens with one attached hydrogen (secondary N) is 1. The Morgan fingerprint density at radius 1 is 0.958 bits per heavy atom. The summed E-state index contributed by atoms with van der Waals surface area (Å²) >= 11 is 18.1. The van der Waals surface area contributed by atoms with Gasteiger partial charge in [-0.25, -0.2) is 8.42 Å². The maximum absolute atomic E-state index is 12.5. The van der Waals surface area contributed by atoms with Crippen molar-refractivity contribution in [3.63, 3.8) is 0 Å². The second-order valence-electron chi connectivity index (χ2n) is 12.0. The third kappa shape index (κ3) is 8.65. The van der Waals surface area contributed by atoms with Crippen molar-refractivity contribution in [1.82, 2.24) is 24.3 Å². The van der Waals surface area contributed by atoms with Crippen molar-refractivity contribution >= 4 is 50.4 Å². The highest BCUT2D eigenvalue weighted by Crippen LogP contribution is 2.33. The highest BCUT2D eigenvalue weighted by atomic mass is 35.5. The Morgan fingerprint density at radius 3 is 2.40 bits per heavy atom. The van der Waals surface area contributed by atoms with E-state index in [1.165, 1.54) is 16.1 Å². The fourth-order valence-electron chi connectivity index (χ4n) is 5.93. The average Bonchev–Trinajstić information content (AvgIpc) is 3.44. The molecule has 1 fully saturated rings. The summed E-state index contributed by atoms with van der Waals surface area (Å²) in [5.41, 5.74) is 7.50. The van der Waals surface area contributed by atoms with Gasteiger partial charge >= 0.3 is 0 Å². The largest absolute Gasteiger partial charge is 0.372 e. The summed E-state index contributed by atoms with van der Waals surface area (Å²) < 4.78 is 34.0. The number of halogens is 2. The minimum atomic E-state index is -3.36. The number of aryl methyl sites for hydroxylation is 1. The predicted molar refractivity (Wildman–Crippen MR) is 196 cm³/mol. The molecule has 0 amide bonds. The van der Waals surface area contributed by atoms with Gasteiger partial charge in [0.25, 0.3) is 0 Å². The third-order valence-corrected chi connectivity index (χ3v) is 10.8. The van der Waals surface area contributed by atoms with Crippen molar-refractivity contribution in [2.75, 3.05) is 39.1 Å². The molecule has 1 saturated heterocycles. The van der Waals surface area contributed by atoms with Gasteiger partial charge in [-0.1, -0.05) is 77.6 Å². The molecule has 0 bridgehead atoms. The van der Waals surface area contributed by atoms with Gasteiger partial charge in [0.1, 0.15) is 4.99 Å². The van der Waals surface area contributed by atoms with Crippen LogP contribution in [0.5, 0.6) is 0 Å². The Balaban J connectivity index is 1.18. The van der Waals surface area contributed by atoms with Gasteiger partial charge in [-0.05, 0) is 53.9 Å². The number of sulfonamides is 1. The molecular weight excluding hydrogens is 685 g/mol. The fraction of sp³-hybridized carbons (Fsp3) is 0.333. The topological polar surface area (TPSA) is 79.7 Å². The van der Waals surface area contributed by atoms with Crippen LogP contribution in [0.1, 0.15) is 39.9 Å². The van der Waals surface area contributed by atoms with E-state index in [-0.39, 0.29) is 6.54 Å². The summed E-state index contributed by atoms with van der Waals surface area (Å²) in [6.07, 6.45) is 2.71. The van der Waals surface area contributed by atoms with Gasteiger partial charge in [-0.15, -0.1) is 0 Å². The van der Waals surface area contributed by atoms with Gasteiger partial charge in [-0.3, -0.25) is 4.68 Å². The van der Waals surface area contributed by atoms with Gasteiger partial charge < -0.3 is 15.0 Å². The SMILES string of the molecule is CS(=O)(=O)N1CCc2c(c(-c3ccc(Cl)c(C#Cc4ccc(CNCc5ccc(Cl)cc5)cc4)c3)nn2CCCN2CCOCC2=S)C1. The third-order valence-electron chi connectivity index (χ3n) is 8.56. The number of fused-ring (bicyclic) bond motifs is 1. The summed E-state index contributed by atoms with van der Waals surface area (Å²) in [6.45, 7) is 5.69. The average molecular weight is 723 g/mol. The molecule has 2 aliphatic heterocycles. The zero-order chi connectivity index (χ0) is 33.7. The molecule has 0 atom stereocenters. The van der Waals surface area contributed by atoms with Gasteiger partial charge in [0.05, 0.1) is 30.2 Å². The van der Waals surface area contributed by atoms with Gasteiger partial charge in [-0.2, -0.15) is 9.40 Å². The van der Waals surface area contributed by atoms with E-state index in [4.69, 9.17) is 45.3 Å². The standard InChI is InChI=1S/C36H37Cl2N5O3S2/c1-48(44,45)42-18-15-34-32(24-42)36(40-43(34)17-2-16-41-19-20-46-25-35(41)47)30-11-14-33(38)29(21-30)10-7-26-3-5-27(6-4-26)22-39-23-28-8-12-31(37)13-9-28/h3-6,8-9,11-14,21,39H,2,15-20,22-25H2,1H3. The first-order valence-corrected chi connectivity index (χ1v) is 18.9. The normalized spacial score (nSPS) is 15.2. The van der Waals surface area contributed by atoms with Crippen LogP contribution < -0.4 is 5.32 Å². The van der Waals surface area contributed by atoms with Crippen LogP contribution >= 0.6 is 35.4 Å². The number of hydrogen-bond acceptors (Lipinski definition) is 6. The van der Waals surface area contributed by atoms with Gasteiger partial charge in [0.15, 0.2) is 0 Å². The summed E-state index contributed by atoms with van der Waals surface area (Å²) in [7, 11) is -3.36. The zero-order valence-corrected chi connectivity index (χ0v) is 29.9. The highest BCUT2D eigenvalue weighted by Gasteiger charge is 2.30. The molecule has 4 aromatic rings. The van der Waals surface area contributed by atoms with Crippen LogP contribution in [0.15, 0.2) is 66.7 Å². The van der Waals surface area contributed by atoms with E-state index in [0.717, 1.165) is 76.3 Å². The van der Waals surface area contributed by atoms with Crippen molar-refractivity contribution in [1.29, 1.82) is 0 Å². The molecule has 0 unspecified atom stereocenters. The number of benzene rings is 3. The first kappa shape index (κ1) is 34.6. The Hall–Kier alpha value is -3.27. The lowest BCUT2D eigenvalue weighted by atomic mass is 10.0. The molecule has 3 aromatic carbocycles. The van der Waals surface area contributed by atoms with Crippen molar-refractivity contribution in [3.8, 4) is 23.1 Å². The first-order valence-electron chi connectivity index (χ1n) is 15.9. The maximum Gasteiger partial charge on any atom is 0.211 e. The van der Waals surface area contributed by atoms with Crippen molar-refractivity contribution in [3.05, 3.63) is 110 Å². The summed E-state index contributed by atoms with van der Waals surface area (Å²) in [4.78, 5) is 3.03. The number of ether oxygens (including phenoxy) is 1. The number of aromatic nitrogens is 2. The van der Waals surface area contributed by atoms with Crippen LogP contribution in [0.2, 0.25) is 10.0 Å². The first-order chi connectivity index (χ1) is 23.1. The van der Waals surface area contributed by atoms with E-state index < -0.39 is 10.0 Å². The Labute approximate surface area is 298 Å². The molecule has 0 spiro atoms. The van der Waals surface area contributed by atoms with Gasteiger partial charge in [0.2, 0.25) is 10.0 Å². The Morgan fingerprint density at radius 2 is 1.69 bits per heavy atom. The van der Waals surface area contributed by atoms with E-state index in [9.17, 15) is 8.42 Å². The van der Waals surface area contributed by atoms with Crippen LogP contribution in [0.4, 0.5) is 0 Å². The lowest BCUT2D eigenvalue weighted by Crippen LogP contribution is -2.41. The monoisotopic (exact) mass is 721 g/mol. The zero-order valence-electron chi connectivity index (χ0n) is 26.7. The summed E-state index contributed by atoms with van der Waals surface area (Å²) in [5.74, 6) is 6.49. The minimum absolute atomic E-state index is 0.279. The van der Waals surface area contributed by atoms with Crippen molar-refractivity contribution < 1.29 is 13.2 Å². The minimum Gasteiger partial charge on any atom is -0.372 e. The molecule has 0 aliphatic carbocycles. The van der Waals surface area contributed by atoms with Crippen LogP contribution in [-0.2, 0) is 47.4 Å². The van der Waals surface area contributed by atoms with E-state index >= 15 is 0 Å². The molecule has 48 heavy (non-hydrogen) atoms. The molecule has 1 aromatic heterocycles. The molecule has 8 nitrogen and oxygen atoms in total. The Kier molecular flexibility index (Phi) is 11.2. The Bertz CT molecular complexity index is 1950. The molecule has 1 N–H and O–H groups in total.